The molecule has 6 heteroatoms. The van der Waals surface area contributed by atoms with Gasteiger partial charge in [-0.1, -0.05) is 0 Å². The van der Waals surface area contributed by atoms with Crippen LogP contribution in [0.1, 0.15) is 27.2 Å². The van der Waals surface area contributed by atoms with Crippen molar-refractivity contribution in [2.24, 2.45) is 0 Å². The predicted octanol–water partition coefficient (Wildman–Crippen LogP) is 2.28. The molecule has 1 rings (SSSR count). The number of anilines is 2. The lowest BCUT2D eigenvalue weighted by Crippen LogP contribution is -2.26. The molecule has 0 saturated carbocycles. The number of hydrogen-bond donors (Lipinski definition) is 2. The maximum absolute atomic E-state index is 13.4. The third kappa shape index (κ3) is 4.98. The zero-order valence-corrected chi connectivity index (χ0v) is 12.1. The summed E-state index contributed by atoms with van der Waals surface area (Å²) in [5.41, 5.74) is 5.93. The van der Waals surface area contributed by atoms with Crippen molar-refractivity contribution >= 4 is 28.1 Å². The van der Waals surface area contributed by atoms with Crippen LogP contribution in [-0.2, 0) is 15.6 Å². The fourth-order valence-corrected chi connectivity index (χ4v) is 2.33. The molecule has 0 saturated heterocycles. The van der Waals surface area contributed by atoms with Crippen LogP contribution in [0.25, 0.3) is 0 Å². The van der Waals surface area contributed by atoms with Gasteiger partial charge in [-0.2, -0.15) is 0 Å². The van der Waals surface area contributed by atoms with Crippen molar-refractivity contribution < 1.29 is 13.4 Å². The molecule has 0 bridgehead atoms. The molecule has 0 aromatic heterocycles. The van der Waals surface area contributed by atoms with Gasteiger partial charge in [-0.05, 0) is 39.0 Å². The van der Waals surface area contributed by atoms with E-state index in [0.29, 0.717) is 5.69 Å². The summed E-state index contributed by atoms with van der Waals surface area (Å²) in [5.74, 6) is -0.666. The smallest absolute Gasteiger partial charge is 0.225 e. The molecule has 0 aliphatic rings. The lowest BCUT2D eigenvalue weighted by Gasteiger charge is -2.17. The van der Waals surface area contributed by atoms with Gasteiger partial charge in [-0.3, -0.25) is 9.00 Å². The quantitative estimate of drug-likeness (QED) is 0.834. The van der Waals surface area contributed by atoms with E-state index in [4.69, 9.17) is 5.73 Å². The van der Waals surface area contributed by atoms with Gasteiger partial charge in [0.25, 0.3) is 0 Å². The molecular weight excluding hydrogens is 267 g/mol. The third-order valence-corrected chi connectivity index (χ3v) is 4.40. The molecule has 3 N–H and O–H groups in total. The van der Waals surface area contributed by atoms with Crippen LogP contribution in [0, 0.1) is 5.82 Å². The lowest BCUT2D eigenvalue weighted by molar-refractivity contribution is -0.115. The van der Waals surface area contributed by atoms with E-state index in [-0.39, 0.29) is 28.5 Å². The maximum atomic E-state index is 13.4. The number of halogens is 1. The highest BCUT2D eigenvalue weighted by atomic mass is 32.2. The summed E-state index contributed by atoms with van der Waals surface area (Å²) < 4.78 is 24.8. The van der Waals surface area contributed by atoms with Gasteiger partial charge in [-0.15, -0.1) is 0 Å². The number of carbonyl (C=O) groups excluding carboxylic acids is 1. The van der Waals surface area contributed by atoms with Crippen molar-refractivity contribution in [1.82, 2.24) is 0 Å². The Morgan fingerprint density at radius 3 is 2.63 bits per heavy atom. The number of benzene rings is 1. The Hall–Kier alpha value is -1.43. The number of amides is 1. The topological polar surface area (TPSA) is 72.2 Å². The van der Waals surface area contributed by atoms with Crippen molar-refractivity contribution in [3.8, 4) is 0 Å². The minimum atomic E-state index is -1.10. The molecule has 0 fully saturated rings. The van der Waals surface area contributed by atoms with E-state index in [1.807, 2.05) is 20.8 Å². The highest BCUT2D eigenvalue weighted by molar-refractivity contribution is 7.86. The largest absolute Gasteiger partial charge is 0.399 e. The summed E-state index contributed by atoms with van der Waals surface area (Å²) in [6.07, 6.45) is 0.0815. The summed E-state index contributed by atoms with van der Waals surface area (Å²) in [6, 6.07) is 3.96. The Balaban J connectivity index is 2.57. The molecule has 1 unspecified atom stereocenters. The summed E-state index contributed by atoms with van der Waals surface area (Å²) in [7, 11) is -1.10. The van der Waals surface area contributed by atoms with Crippen LogP contribution in [-0.4, -0.2) is 20.6 Å². The molecule has 1 aromatic rings. The molecule has 1 aromatic carbocycles. The van der Waals surface area contributed by atoms with Crippen LogP contribution < -0.4 is 11.1 Å². The van der Waals surface area contributed by atoms with E-state index in [1.165, 1.54) is 18.2 Å². The van der Waals surface area contributed by atoms with Gasteiger partial charge in [0, 0.05) is 33.4 Å². The zero-order valence-electron chi connectivity index (χ0n) is 11.3. The van der Waals surface area contributed by atoms with Crippen molar-refractivity contribution in [3.63, 3.8) is 0 Å². The molecular formula is C13H19FN2O2S. The zero-order chi connectivity index (χ0) is 14.6. The van der Waals surface area contributed by atoms with Crippen molar-refractivity contribution in [2.45, 2.75) is 31.9 Å². The fraction of sp³-hybridized carbons (Fsp3) is 0.462. The van der Waals surface area contributed by atoms with Crippen LogP contribution in [0.4, 0.5) is 15.8 Å². The Kier molecular flexibility index (Phi) is 5.05. The highest BCUT2D eigenvalue weighted by Gasteiger charge is 2.20. The molecule has 4 nitrogen and oxygen atoms in total. The van der Waals surface area contributed by atoms with E-state index in [1.54, 1.807) is 0 Å². The number of nitrogen functional groups attached to an aromatic ring is 1. The van der Waals surface area contributed by atoms with Gasteiger partial charge in [0.2, 0.25) is 5.91 Å². The molecule has 19 heavy (non-hydrogen) atoms. The molecule has 106 valence electrons. The second-order valence-electron chi connectivity index (χ2n) is 5.20. The van der Waals surface area contributed by atoms with Crippen molar-refractivity contribution in [1.29, 1.82) is 0 Å². The molecule has 0 spiro atoms. The summed E-state index contributed by atoms with van der Waals surface area (Å²) >= 11 is 0. The van der Waals surface area contributed by atoms with E-state index < -0.39 is 16.6 Å². The maximum Gasteiger partial charge on any atom is 0.225 e. The molecule has 0 aliphatic heterocycles. The van der Waals surface area contributed by atoms with Gasteiger partial charge < -0.3 is 11.1 Å². The number of nitrogens with one attached hydrogen (secondary N) is 1. The van der Waals surface area contributed by atoms with Gasteiger partial charge in [-0.25, -0.2) is 4.39 Å². The standard InChI is InChI=1S/C13H19FN2O2S/c1-13(2,3)19(18)7-6-12(17)16-11-8-9(15)4-5-10(11)14/h4-5,8H,6-7,15H2,1-3H3,(H,16,17). The first kappa shape index (κ1) is 15.6. The molecule has 0 aliphatic carbocycles. The van der Waals surface area contributed by atoms with Crippen molar-refractivity contribution in [2.75, 3.05) is 16.8 Å². The molecule has 0 heterocycles. The SMILES string of the molecule is CC(C)(C)S(=O)CCC(=O)Nc1cc(N)ccc1F. The average Bonchev–Trinajstić information content (AvgIpc) is 2.29. The Bertz CT molecular complexity index is 498. The number of carbonyl (C=O) groups is 1. The predicted molar refractivity (Wildman–Crippen MR) is 76.8 cm³/mol. The molecule has 0 radical (unpaired) electrons. The minimum Gasteiger partial charge on any atom is -0.399 e. The fourth-order valence-electron chi connectivity index (χ4n) is 1.34. The van der Waals surface area contributed by atoms with Crippen molar-refractivity contribution in [3.05, 3.63) is 24.0 Å². The average molecular weight is 286 g/mol. The van der Waals surface area contributed by atoms with Crippen LogP contribution in [0.15, 0.2) is 18.2 Å². The highest BCUT2D eigenvalue weighted by Crippen LogP contribution is 2.18. The van der Waals surface area contributed by atoms with Gasteiger partial charge in [0.15, 0.2) is 0 Å². The summed E-state index contributed by atoms with van der Waals surface area (Å²) in [5, 5.41) is 2.43. The van der Waals surface area contributed by atoms with Gasteiger partial charge in [0.1, 0.15) is 5.82 Å². The minimum absolute atomic E-state index is 0.0477. The van der Waals surface area contributed by atoms with Crippen LogP contribution in [0.2, 0.25) is 0 Å². The Morgan fingerprint density at radius 1 is 1.42 bits per heavy atom. The van der Waals surface area contributed by atoms with E-state index in [9.17, 15) is 13.4 Å². The summed E-state index contributed by atoms with van der Waals surface area (Å²) in [6.45, 7) is 5.54. The van der Waals surface area contributed by atoms with E-state index in [0.717, 1.165) is 0 Å². The number of nitrogens with two attached hydrogens (primary N) is 1. The number of hydrogen-bond acceptors (Lipinski definition) is 3. The first-order valence-corrected chi connectivity index (χ1v) is 7.25. The third-order valence-electron chi connectivity index (χ3n) is 2.46. The first-order chi connectivity index (χ1) is 8.70. The van der Waals surface area contributed by atoms with E-state index >= 15 is 0 Å². The lowest BCUT2D eigenvalue weighted by atomic mass is 10.2. The number of rotatable bonds is 4. The van der Waals surface area contributed by atoms with Crippen LogP contribution in [0.3, 0.4) is 0 Å². The van der Waals surface area contributed by atoms with Crippen LogP contribution in [0.5, 0.6) is 0 Å². The summed E-state index contributed by atoms with van der Waals surface area (Å²) in [4.78, 5) is 11.7. The normalized spacial score (nSPS) is 13.1. The second-order valence-corrected chi connectivity index (χ2v) is 7.52. The van der Waals surface area contributed by atoms with E-state index in [2.05, 4.69) is 5.32 Å². The first-order valence-electron chi connectivity index (χ1n) is 5.93. The Morgan fingerprint density at radius 2 is 2.05 bits per heavy atom. The molecule has 1 atom stereocenters. The van der Waals surface area contributed by atoms with Gasteiger partial charge >= 0.3 is 0 Å². The van der Waals surface area contributed by atoms with Crippen LogP contribution >= 0.6 is 0 Å². The Labute approximate surface area is 115 Å². The van der Waals surface area contributed by atoms with Gasteiger partial charge in [0.05, 0.1) is 5.69 Å². The molecule has 1 amide bonds. The monoisotopic (exact) mass is 286 g/mol. The second kappa shape index (κ2) is 6.14.